The van der Waals surface area contributed by atoms with Gasteiger partial charge in [0, 0.05) is 5.56 Å². The van der Waals surface area contributed by atoms with Crippen LogP contribution >= 0.6 is 0 Å². The highest BCUT2D eigenvalue weighted by Gasteiger charge is 2.22. The monoisotopic (exact) mass is 219 g/mol. The standard InChI is InChI=1S/C13H17NO2/c1-9-3-6-12(10(2)7-9)13(15)14-16-8-11-4-5-11/h3,6-7,11H,4-5,8H2,1-2H3,(H,14,15). The minimum atomic E-state index is -0.154. The van der Waals surface area contributed by atoms with Crippen LogP contribution in [-0.2, 0) is 4.84 Å². The first kappa shape index (κ1) is 11.1. The Balaban J connectivity index is 1.91. The maximum Gasteiger partial charge on any atom is 0.275 e. The van der Waals surface area contributed by atoms with Crippen molar-refractivity contribution in [1.29, 1.82) is 0 Å². The number of hydrogen-bond donors (Lipinski definition) is 1. The van der Waals surface area contributed by atoms with E-state index < -0.39 is 0 Å². The molecule has 2 rings (SSSR count). The number of hydrogen-bond acceptors (Lipinski definition) is 2. The number of nitrogens with one attached hydrogen (secondary N) is 1. The molecular weight excluding hydrogens is 202 g/mol. The van der Waals surface area contributed by atoms with Crippen LogP contribution in [0.15, 0.2) is 18.2 Å². The Labute approximate surface area is 95.8 Å². The van der Waals surface area contributed by atoms with Crippen molar-refractivity contribution < 1.29 is 9.63 Å². The Kier molecular flexibility index (Phi) is 3.25. The molecule has 0 unspecified atom stereocenters. The molecular formula is C13H17NO2. The number of carbonyl (C=O) groups is 1. The fourth-order valence-electron chi connectivity index (χ4n) is 1.63. The molecule has 1 amide bonds. The van der Waals surface area contributed by atoms with Crippen LogP contribution in [0.25, 0.3) is 0 Å². The number of rotatable bonds is 4. The predicted octanol–water partition coefficient (Wildman–Crippen LogP) is 2.37. The van der Waals surface area contributed by atoms with E-state index in [1.165, 1.54) is 12.8 Å². The molecule has 0 bridgehead atoms. The minimum Gasteiger partial charge on any atom is -0.273 e. The highest BCUT2D eigenvalue weighted by atomic mass is 16.7. The average Bonchev–Trinajstić information content (AvgIpc) is 3.01. The zero-order valence-corrected chi connectivity index (χ0v) is 9.75. The molecule has 3 nitrogen and oxygen atoms in total. The van der Waals surface area contributed by atoms with Gasteiger partial charge < -0.3 is 0 Å². The molecule has 1 fully saturated rings. The number of aryl methyl sites for hydroxylation is 2. The van der Waals surface area contributed by atoms with Gasteiger partial charge in [-0.2, -0.15) is 0 Å². The summed E-state index contributed by atoms with van der Waals surface area (Å²) in [6.07, 6.45) is 2.44. The van der Waals surface area contributed by atoms with Crippen LogP contribution in [0.2, 0.25) is 0 Å². The van der Waals surface area contributed by atoms with Crippen molar-refractivity contribution in [2.75, 3.05) is 6.61 Å². The molecule has 0 heterocycles. The van der Waals surface area contributed by atoms with Crippen molar-refractivity contribution in [3.05, 3.63) is 34.9 Å². The summed E-state index contributed by atoms with van der Waals surface area (Å²) in [4.78, 5) is 16.9. The fraction of sp³-hybridized carbons (Fsp3) is 0.462. The summed E-state index contributed by atoms with van der Waals surface area (Å²) >= 11 is 0. The van der Waals surface area contributed by atoms with E-state index in [0.29, 0.717) is 18.1 Å². The van der Waals surface area contributed by atoms with Gasteiger partial charge in [-0.3, -0.25) is 9.63 Å². The summed E-state index contributed by atoms with van der Waals surface area (Å²) in [5.41, 5.74) is 5.31. The molecule has 0 spiro atoms. The van der Waals surface area contributed by atoms with E-state index in [4.69, 9.17) is 4.84 Å². The molecule has 0 radical (unpaired) electrons. The van der Waals surface area contributed by atoms with E-state index in [1.54, 1.807) is 0 Å². The van der Waals surface area contributed by atoms with E-state index in [9.17, 15) is 4.79 Å². The van der Waals surface area contributed by atoms with E-state index >= 15 is 0 Å². The van der Waals surface area contributed by atoms with Crippen molar-refractivity contribution in [2.45, 2.75) is 26.7 Å². The van der Waals surface area contributed by atoms with E-state index in [2.05, 4.69) is 5.48 Å². The molecule has 1 aromatic rings. The van der Waals surface area contributed by atoms with Gasteiger partial charge in [-0.15, -0.1) is 0 Å². The topological polar surface area (TPSA) is 38.3 Å². The molecule has 0 atom stereocenters. The van der Waals surface area contributed by atoms with Gasteiger partial charge in [0.15, 0.2) is 0 Å². The lowest BCUT2D eigenvalue weighted by Crippen LogP contribution is -2.25. The van der Waals surface area contributed by atoms with Crippen LogP contribution in [0.4, 0.5) is 0 Å². The number of carbonyl (C=O) groups excluding carboxylic acids is 1. The van der Waals surface area contributed by atoms with Crippen LogP contribution in [0.1, 0.15) is 34.3 Å². The third-order valence-corrected chi connectivity index (χ3v) is 2.81. The third kappa shape index (κ3) is 2.83. The maximum absolute atomic E-state index is 11.7. The largest absolute Gasteiger partial charge is 0.275 e. The SMILES string of the molecule is Cc1ccc(C(=O)NOCC2CC2)c(C)c1. The van der Waals surface area contributed by atoms with Gasteiger partial charge >= 0.3 is 0 Å². The fourth-order valence-corrected chi connectivity index (χ4v) is 1.63. The maximum atomic E-state index is 11.7. The van der Waals surface area contributed by atoms with Crippen molar-refractivity contribution in [2.24, 2.45) is 5.92 Å². The van der Waals surface area contributed by atoms with Crippen molar-refractivity contribution in [1.82, 2.24) is 5.48 Å². The molecule has 0 aliphatic heterocycles. The quantitative estimate of drug-likeness (QED) is 0.789. The van der Waals surface area contributed by atoms with Gasteiger partial charge in [0.25, 0.3) is 5.91 Å². The second kappa shape index (κ2) is 4.66. The molecule has 1 N–H and O–H groups in total. The molecule has 3 heteroatoms. The molecule has 1 saturated carbocycles. The van der Waals surface area contributed by atoms with E-state index in [1.807, 2.05) is 32.0 Å². The first-order valence-corrected chi connectivity index (χ1v) is 5.66. The summed E-state index contributed by atoms with van der Waals surface area (Å²) in [6.45, 7) is 4.58. The predicted molar refractivity (Wildman–Crippen MR) is 62.1 cm³/mol. The number of hydroxylamine groups is 1. The Morgan fingerprint density at radius 3 is 2.81 bits per heavy atom. The normalized spacial score (nSPS) is 14.9. The Hall–Kier alpha value is -1.35. The van der Waals surface area contributed by atoms with Gasteiger partial charge in [-0.25, -0.2) is 5.48 Å². The molecule has 1 aromatic carbocycles. The summed E-state index contributed by atoms with van der Waals surface area (Å²) in [5, 5.41) is 0. The zero-order chi connectivity index (χ0) is 11.5. The van der Waals surface area contributed by atoms with Gasteiger partial charge in [0.05, 0.1) is 6.61 Å². The average molecular weight is 219 g/mol. The van der Waals surface area contributed by atoms with Crippen LogP contribution in [0.5, 0.6) is 0 Å². The van der Waals surface area contributed by atoms with Crippen molar-refractivity contribution in [3.8, 4) is 0 Å². The molecule has 0 aromatic heterocycles. The van der Waals surface area contributed by atoms with Crippen molar-refractivity contribution >= 4 is 5.91 Å². The van der Waals surface area contributed by atoms with Gasteiger partial charge in [0.1, 0.15) is 0 Å². The minimum absolute atomic E-state index is 0.154. The highest BCUT2D eigenvalue weighted by Crippen LogP contribution is 2.28. The molecule has 1 aliphatic carbocycles. The van der Waals surface area contributed by atoms with E-state index in [-0.39, 0.29) is 5.91 Å². The second-order valence-electron chi connectivity index (χ2n) is 4.50. The van der Waals surface area contributed by atoms with Gasteiger partial charge in [-0.05, 0) is 44.2 Å². The highest BCUT2D eigenvalue weighted by molar-refractivity contribution is 5.94. The van der Waals surface area contributed by atoms with Crippen LogP contribution < -0.4 is 5.48 Å². The first-order valence-electron chi connectivity index (χ1n) is 5.66. The van der Waals surface area contributed by atoms with Crippen LogP contribution in [-0.4, -0.2) is 12.5 Å². The smallest absolute Gasteiger partial charge is 0.273 e. The van der Waals surface area contributed by atoms with Crippen LogP contribution in [0, 0.1) is 19.8 Å². The Morgan fingerprint density at radius 1 is 1.44 bits per heavy atom. The first-order chi connectivity index (χ1) is 7.66. The molecule has 16 heavy (non-hydrogen) atoms. The second-order valence-corrected chi connectivity index (χ2v) is 4.50. The van der Waals surface area contributed by atoms with E-state index in [0.717, 1.165) is 11.1 Å². The summed E-state index contributed by atoms with van der Waals surface area (Å²) < 4.78 is 0. The lowest BCUT2D eigenvalue weighted by Gasteiger charge is -2.08. The van der Waals surface area contributed by atoms with Crippen LogP contribution in [0.3, 0.4) is 0 Å². The Bertz CT molecular complexity index is 397. The van der Waals surface area contributed by atoms with Crippen molar-refractivity contribution in [3.63, 3.8) is 0 Å². The third-order valence-electron chi connectivity index (χ3n) is 2.81. The van der Waals surface area contributed by atoms with Gasteiger partial charge in [0.2, 0.25) is 0 Å². The molecule has 0 saturated heterocycles. The zero-order valence-electron chi connectivity index (χ0n) is 9.75. The lowest BCUT2D eigenvalue weighted by atomic mass is 10.1. The number of amides is 1. The summed E-state index contributed by atoms with van der Waals surface area (Å²) in [5.74, 6) is 0.498. The summed E-state index contributed by atoms with van der Waals surface area (Å²) in [7, 11) is 0. The number of benzene rings is 1. The van der Waals surface area contributed by atoms with Gasteiger partial charge in [-0.1, -0.05) is 17.7 Å². The molecule has 1 aliphatic rings. The Morgan fingerprint density at radius 2 is 2.19 bits per heavy atom. The summed E-state index contributed by atoms with van der Waals surface area (Å²) in [6, 6.07) is 5.76. The molecule has 86 valence electrons. The lowest BCUT2D eigenvalue weighted by molar-refractivity contribution is 0.0270.